The molecule has 0 spiro atoms. The van der Waals surface area contributed by atoms with E-state index in [1.54, 1.807) is 11.2 Å². The molecular weight excluding hydrogens is 386 g/mol. The number of benzene rings is 2. The van der Waals surface area contributed by atoms with E-state index in [2.05, 4.69) is 5.10 Å². The summed E-state index contributed by atoms with van der Waals surface area (Å²) in [6, 6.07) is 10.6. The fraction of sp³-hybridized carbons (Fsp3) is 0.118. The van der Waals surface area contributed by atoms with Crippen LogP contribution in [0.5, 0.6) is 0 Å². The van der Waals surface area contributed by atoms with Gasteiger partial charge in [-0.2, -0.15) is 18.3 Å². The number of aromatic nitrogens is 2. The second kappa shape index (κ2) is 6.69. The van der Waals surface area contributed by atoms with Crippen molar-refractivity contribution in [3.63, 3.8) is 0 Å². The quantitative estimate of drug-likeness (QED) is 0.641. The van der Waals surface area contributed by atoms with Crippen molar-refractivity contribution in [2.45, 2.75) is 18.0 Å². The first kappa shape index (κ1) is 18.9. The van der Waals surface area contributed by atoms with Crippen LogP contribution in [0.4, 0.5) is 23.4 Å². The van der Waals surface area contributed by atoms with E-state index < -0.39 is 39.1 Å². The van der Waals surface area contributed by atoms with Gasteiger partial charge < -0.3 is 0 Å². The Hall–Kier alpha value is -2.88. The molecule has 0 aliphatic heterocycles. The number of hydrogen-bond acceptors (Lipinski definition) is 3. The molecule has 0 radical (unpaired) electrons. The van der Waals surface area contributed by atoms with E-state index in [9.17, 15) is 26.0 Å². The number of halogens is 4. The smallest absolute Gasteiger partial charge is 0.271 e. The fourth-order valence-electron chi connectivity index (χ4n) is 2.44. The van der Waals surface area contributed by atoms with Crippen LogP contribution in [-0.4, -0.2) is 18.6 Å². The molecule has 27 heavy (non-hydrogen) atoms. The lowest BCUT2D eigenvalue weighted by Gasteiger charge is -2.11. The predicted molar refractivity (Wildman–Crippen MR) is 91.0 cm³/mol. The van der Waals surface area contributed by atoms with Crippen molar-refractivity contribution >= 4 is 15.8 Å². The molecule has 142 valence electrons. The number of rotatable bonds is 4. The van der Waals surface area contributed by atoms with Crippen LogP contribution < -0.4 is 4.72 Å². The van der Waals surface area contributed by atoms with Crippen LogP contribution >= 0.6 is 0 Å². The van der Waals surface area contributed by atoms with Crippen LogP contribution in [-0.2, 0) is 16.2 Å². The lowest BCUT2D eigenvalue weighted by molar-refractivity contribution is -0.140. The zero-order chi connectivity index (χ0) is 19.8. The maximum Gasteiger partial charge on any atom is 0.433 e. The molecule has 1 heterocycles. The Morgan fingerprint density at radius 3 is 2.33 bits per heavy atom. The van der Waals surface area contributed by atoms with Crippen LogP contribution in [0.1, 0.15) is 11.3 Å². The summed E-state index contributed by atoms with van der Waals surface area (Å²) in [5.41, 5.74) is -1.79. The summed E-state index contributed by atoms with van der Waals surface area (Å²) < 4.78 is 80.8. The first-order valence-electron chi connectivity index (χ1n) is 7.59. The maximum atomic E-state index is 13.9. The summed E-state index contributed by atoms with van der Waals surface area (Å²) in [5.74, 6) is -1.30. The van der Waals surface area contributed by atoms with Crippen LogP contribution in [0.25, 0.3) is 11.1 Å². The minimum Gasteiger partial charge on any atom is -0.271 e. The fourth-order valence-corrected chi connectivity index (χ4v) is 3.47. The SMILES string of the molecule is Cc1ccc(-c2c(NS(=O)(=O)c3ccccc3)n[nH]c2C(F)(F)F)cc1F. The number of H-pyrrole nitrogens is 1. The second-order valence-corrected chi connectivity index (χ2v) is 7.38. The lowest BCUT2D eigenvalue weighted by Crippen LogP contribution is -2.14. The average molecular weight is 399 g/mol. The average Bonchev–Trinajstić information content (AvgIpc) is 3.01. The molecule has 3 aromatic rings. The summed E-state index contributed by atoms with van der Waals surface area (Å²) in [4.78, 5) is -0.150. The van der Waals surface area contributed by atoms with Gasteiger partial charge in [-0.25, -0.2) is 12.8 Å². The molecule has 2 N–H and O–H groups in total. The Morgan fingerprint density at radius 2 is 1.74 bits per heavy atom. The molecule has 0 amide bonds. The third kappa shape index (κ3) is 3.80. The standard InChI is InChI=1S/C17H13F4N3O2S/c1-10-7-8-11(9-13(10)18)14-15(17(19,20)21)22-23-16(14)24-27(25,26)12-5-3-2-4-6-12/h2-9H,1H3,(H2,22,23,24). The third-order valence-electron chi connectivity index (χ3n) is 3.79. The number of hydrogen-bond donors (Lipinski definition) is 2. The van der Waals surface area contributed by atoms with Crippen LogP contribution in [0.15, 0.2) is 53.4 Å². The Bertz CT molecular complexity index is 1080. The largest absolute Gasteiger partial charge is 0.433 e. The van der Waals surface area contributed by atoms with Gasteiger partial charge in [-0.15, -0.1) is 0 Å². The number of aromatic amines is 1. The van der Waals surface area contributed by atoms with E-state index in [0.29, 0.717) is 0 Å². The number of anilines is 1. The maximum absolute atomic E-state index is 13.9. The van der Waals surface area contributed by atoms with Crippen molar-refractivity contribution in [3.8, 4) is 11.1 Å². The van der Waals surface area contributed by atoms with Gasteiger partial charge in [0.15, 0.2) is 5.82 Å². The number of aryl methyl sites for hydroxylation is 1. The summed E-state index contributed by atoms with van der Waals surface area (Å²) >= 11 is 0. The molecule has 2 aromatic carbocycles. The Morgan fingerprint density at radius 1 is 1.07 bits per heavy atom. The minimum atomic E-state index is -4.85. The highest BCUT2D eigenvalue weighted by molar-refractivity contribution is 7.92. The van der Waals surface area contributed by atoms with Crippen LogP contribution in [0.2, 0.25) is 0 Å². The van der Waals surface area contributed by atoms with E-state index in [0.717, 1.165) is 6.07 Å². The Balaban J connectivity index is 2.14. The van der Waals surface area contributed by atoms with E-state index >= 15 is 0 Å². The van der Waals surface area contributed by atoms with Crippen LogP contribution in [0, 0.1) is 12.7 Å². The van der Waals surface area contributed by atoms with Crippen molar-refractivity contribution < 1.29 is 26.0 Å². The number of alkyl halides is 3. The molecule has 1 aromatic heterocycles. The molecule has 0 atom stereocenters. The van der Waals surface area contributed by atoms with Gasteiger partial charge in [0.25, 0.3) is 10.0 Å². The molecule has 3 rings (SSSR count). The summed E-state index contributed by atoms with van der Waals surface area (Å²) in [7, 11) is -4.19. The number of nitrogens with one attached hydrogen (secondary N) is 2. The van der Waals surface area contributed by atoms with Crippen molar-refractivity contribution in [2.75, 3.05) is 4.72 Å². The van der Waals surface area contributed by atoms with E-state index in [1.807, 2.05) is 4.72 Å². The highest BCUT2D eigenvalue weighted by atomic mass is 32.2. The van der Waals surface area contributed by atoms with E-state index in [1.165, 1.54) is 43.3 Å². The molecule has 10 heteroatoms. The highest BCUT2D eigenvalue weighted by Gasteiger charge is 2.38. The van der Waals surface area contributed by atoms with Crippen molar-refractivity contribution in [2.24, 2.45) is 0 Å². The topological polar surface area (TPSA) is 74.8 Å². The van der Waals surface area contributed by atoms with Gasteiger partial charge in [-0.3, -0.25) is 9.82 Å². The van der Waals surface area contributed by atoms with Crippen molar-refractivity contribution in [3.05, 3.63) is 65.6 Å². The zero-order valence-electron chi connectivity index (χ0n) is 13.8. The Labute approximate surface area is 152 Å². The summed E-state index contributed by atoms with van der Waals surface area (Å²) in [6.07, 6.45) is -4.85. The molecule has 0 aliphatic carbocycles. The zero-order valence-corrected chi connectivity index (χ0v) is 14.6. The molecule has 0 fully saturated rings. The lowest BCUT2D eigenvalue weighted by atomic mass is 10.0. The number of sulfonamides is 1. The first-order chi connectivity index (χ1) is 12.6. The molecule has 5 nitrogen and oxygen atoms in total. The summed E-state index contributed by atoms with van der Waals surface area (Å²) in [6.45, 7) is 1.46. The molecule has 0 bridgehead atoms. The molecule has 0 saturated heterocycles. The van der Waals surface area contributed by atoms with E-state index in [4.69, 9.17) is 0 Å². The second-order valence-electron chi connectivity index (χ2n) is 5.70. The molecule has 0 aliphatic rings. The predicted octanol–water partition coefficient (Wildman–Crippen LogP) is 4.34. The van der Waals surface area contributed by atoms with Gasteiger partial charge in [-0.1, -0.05) is 30.3 Å². The summed E-state index contributed by atoms with van der Waals surface area (Å²) in [5, 5.41) is 5.26. The van der Waals surface area contributed by atoms with Gasteiger partial charge in [0, 0.05) is 0 Å². The van der Waals surface area contributed by atoms with Crippen LogP contribution in [0.3, 0.4) is 0 Å². The molecule has 0 saturated carbocycles. The highest BCUT2D eigenvalue weighted by Crippen LogP contribution is 2.40. The van der Waals surface area contributed by atoms with Gasteiger partial charge in [0.05, 0.1) is 10.5 Å². The number of nitrogens with zero attached hydrogens (tertiary/aromatic N) is 1. The monoisotopic (exact) mass is 399 g/mol. The van der Waals surface area contributed by atoms with Gasteiger partial charge in [0.2, 0.25) is 0 Å². The van der Waals surface area contributed by atoms with E-state index in [-0.39, 0.29) is 16.0 Å². The van der Waals surface area contributed by atoms with Crippen molar-refractivity contribution in [1.82, 2.24) is 10.2 Å². The Kier molecular flexibility index (Phi) is 4.68. The first-order valence-corrected chi connectivity index (χ1v) is 9.08. The molecular formula is C17H13F4N3O2S. The normalized spacial score (nSPS) is 12.2. The third-order valence-corrected chi connectivity index (χ3v) is 5.15. The van der Waals surface area contributed by atoms with Crippen molar-refractivity contribution in [1.29, 1.82) is 0 Å². The van der Waals surface area contributed by atoms with Gasteiger partial charge in [-0.05, 0) is 36.2 Å². The molecule has 0 unspecified atom stereocenters. The minimum absolute atomic E-state index is 0.150. The van der Waals surface area contributed by atoms with Gasteiger partial charge in [0.1, 0.15) is 11.5 Å². The van der Waals surface area contributed by atoms with Gasteiger partial charge >= 0.3 is 6.18 Å².